The van der Waals surface area contributed by atoms with Crippen LogP contribution in [0.15, 0.2) is 78.9 Å². The van der Waals surface area contributed by atoms with Gasteiger partial charge in [0.2, 0.25) is 11.8 Å². The van der Waals surface area contributed by atoms with Gasteiger partial charge in [-0.05, 0) is 49.2 Å². The highest BCUT2D eigenvalue weighted by atomic mass is 35.5. The van der Waals surface area contributed by atoms with E-state index in [4.69, 9.17) is 11.6 Å². The fourth-order valence-corrected chi connectivity index (χ4v) is 5.27. The van der Waals surface area contributed by atoms with E-state index in [1.165, 1.54) is 37.2 Å². The summed E-state index contributed by atoms with van der Waals surface area (Å²) in [7, 11) is -1.69. The lowest BCUT2D eigenvalue weighted by Gasteiger charge is -2.34. The quantitative estimate of drug-likeness (QED) is 0.342. The predicted molar refractivity (Wildman–Crippen MR) is 156 cm³/mol. The van der Waals surface area contributed by atoms with Gasteiger partial charge in [0.1, 0.15) is 18.4 Å². The number of carbonyl (C=O) groups is 2. The summed E-state index contributed by atoms with van der Waals surface area (Å²) in [4.78, 5) is 29.0. The summed E-state index contributed by atoms with van der Waals surface area (Å²) in [6, 6.07) is 20.2. The molecule has 1 N–H and O–H groups in total. The van der Waals surface area contributed by atoms with Crippen molar-refractivity contribution in [3.05, 3.63) is 101 Å². The average molecular weight is 589 g/mol. The molecule has 11 heteroatoms. The third kappa shape index (κ3) is 8.03. The maximum atomic E-state index is 14.9. The van der Waals surface area contributed by atoms with Crippen molar-refractivity contribution in [3.63, 3.8) is 0 Å². The molecule has 3 rings (SSSR count). The van der Waals surface area contributed by atoms with E-state index in [1.54, 1.807) is 24.3 Å². The number of rotatable bonds is 12. The molecule has 8 nitrogen and oxygen atoms in total. The third-order valence-electron chi connectivity index (χ3n) is 6.11. The molecule has 1 atom stereocenters. The topological polar surface area (TPSA) is 90.0 Å². The van der Waals surface area contributed by atoms with Crippen molar-refractivity contribution in [2.24, 2.45) is 0 Å². The average Bonchev–Trinajstić information content (AvgIpc) is 2.90. The molecule has 0 aliphatic heterocycles. The van der Waals surface area contributed by atoms with Crippen molar-refractivity contribution in [2.75, 3.05) is 24.9 Å². The maximum Gasteiger partial charge on any atom is 0.304 e. The largest absolute Gasteiger partial charge is 0.352 e. The van der Waals surface area contributed by atoms with E-state index >= 15 is 0 Å². The molecule has 0 bridgehead atoms. The van der Waals surface area contributed by atoms with Crippen molar-refractivity contribution < 1.29 is 22.4 Å². The monoisotopic (exact) mass is 588 g/mol. The van der Waals surface area contributed by atoms with E-state index in [9.17, 15) is 22.4 Å². The van der Waals surface area contributed by atoms with Gasteiger partial charge in [-0.1, -0.05) is 66.2 Å². The molecule has 0 heterocycles. The number of anilines is 1. The summed E-state index contributed by atoms with van der Waals surface area (Å²) in [6.07, 6.45) is 0.179. The van der Waals surface area contributed by atoms with Gasteiger partial charge in [-0.25, -0.2) is 8.70 Å². The van der Waals surface area contributed by atoms with Crippen LogP contribution in [0.5, 0.6) is 0 Å². The Morgan fingerprint density at radius 1 is 0.900 bits per heavy atom. The lowest BCUT2D eigenvalue weighted by atomic mass is 10.0. The SMILES string of the molecule is CC(C)NC(=O)[C@H](Cc1ccccc1)N(Cc1ccc(Cl)cc1)C(=O)CN(c1ccccc1F)S(=O)(=O)N(C)C. The summed E-state index contributed by atoms with van der Waals surface area (Å²) in [5, 5.41) is 3.38. The number of halogens is 2. The number of carbonyl (C=O) groups excluding carboxylic acids is 2. The minimum atomic E-state index is -4.28. The smallest absolute Gasteiger partial charge is 0.304 e. The number of para-hydroxylation sites is 1. The van der Waals surface area contributed by atoms with Crippen LogP contribution in [0.2, 0.25) is 5.02 Å². The molecular formula is C29H34ClFN4O4S. The van der Waals surface area contributed by atoms with Crippen LogP contribution in [0.3, 0.4) is 0 Å². The highest BCUT2D eigenvalue weighted by molar-refractivity contribution is 7.90. The number of hydrogen-bond acceptors (Lipinski definition) is 4. The van der Waals surface area contributed by atoms with Gasteiger partial charge in [0.05, 0.1) is 5.69 Å². The number of nitrogens with zero attached hydrogens (tertiary/aromatic N) is 3. The van der Waals surface area contributed by atoms with Crippen molar-refractivity contribution in [3.8, 4) is 0 Å². The van der Waals surface area contributed by atoms with E-state index in [-0.39, 0.29) is 24.7 Å². The Morgan fingerprint density at radius 2 is 1.50 bits per heavy atom. The molecule has 0 aliphatic carbocycles. The first-order valence-corrected chi connectivity index (χ1v) is 14.5. The second kappa shape index (κ2) is 13.7. The molecule has 3 aromatic rings. The number of amides is 2. The van der Waals surface area contributed by atoms with Crippen LogP contribution in [-0.2, 0) is 32.8 Å². The molecule has 0 saturated carbocycles. The molecule has 2 amide bonds. The maximum absolute atomic E-state index is 14.9. The zero-order chi connectivity index (χ0) is 29.4. The Kier molecular flexibility index (Phi) is 10.7. The van der Waals surface area contributed by atoms with Gasteiger partial charge in [0.25, 0.3) is 0 Å². The van der Waals surface area contributed by atoms with Crippen LogP contribution in [-0.4, -0.2) is 62.2 Å². The van der Waals surface area contributed by atoms with Gasteiger partial charge in [-0.2, -0.15) is 12.7 Å². The van der Waals surface area contributed by atoms with Crippen LogP contribution in [0.1, 0.15) is 25.0 Å². The Labute approximate surface area is 240 Å². The highest BCUT2D eigenvalue weighted by Crippen LogP contribution is 2.24. The van der Waals surface area contributed by atoms with Crippen molar-refractivity contribution >= 4 is 39.3 Å². The lowest BCUT2D eigenvalue weighted by molar-refractivity contribution is -0.140. The van der Waals surface area contributed by atoms with Gasteiger partial charge >= 0.3 is 10.2 Å². The predicted octanol–water partition coefficient (Wildman–Crippen LogP) is 4.26. The second-order valence-corrected chi connectivity index (χ2v) is 12.3. The van der Waals surface area contributed by atoms with Crippen LogP contribution in [0.25, 0.3) is 0 Å². The third-order valence-corrected chi connectivity index (χ3v) is 8.17. The minimum absolute atomic E-state index is 0.00780. The molecule has 3 aromatic carbocycles. The van der Waals surface area contributed by atoms with Gasteiger partial charge < -0.3 is 10.2 Å². The first-order chi connectivity index (χ1) is 18.9. The molecule has 0 radical (unpaired) electrons. The van der Waals surface area contributed by atoms with Crippen molar-refractivity contribution in [2.45, 2.75) is 38.9 Å². The summed E-state index contributed by atoms with van der Waals surface area (Å²) in [5.41, 5.74) is 1.22. The van der Waals surface area contributed by atoms with Gasteiger partial charge in [0, 0.05) is 38.1 Å². The van der Waals surface area contributed by atoms with Crippen molar-refractivity contribution in [1.82, 2.24) is 14.5 Å². The first kappa shape index (κ1) is 31.1. The van der Waals surface area contributed by atoms with E-state index in [0.29, 0.717) is 10.6 Å². The molecule has 40 heavy (non-hydrogen) atoms. The zero-order valence-electron chi connectivity index (χ0n) is 22.9. The Hall–Kier alpha value is -3.47. The standard InChI is InChI=1S/C29H34ClFN4O4S/c1-21(2)32-29(37)27(18-22-10-6-5-7-11-22)34(19-23-14-16-24(30)17-15-23)28(36)20-35(40(38,39)33(3)4)26-13-9-8-12-25(26)31/h5-17,21,27H,18-20H2,1-4H3,(H,32,37)/t27-/m0/s1. The molecule has 214 valence electrons. The van der Waals surface area contributed by atoms with Gasteiger partial charge in [-0.15, -0.1) is 0 Å². The fourth-order valence-electron chi connectivity index (χ4n) is 4.08. The molecule has 0 saturated heterocycles. The van der Waals surface area contributed by atoms with E-state index in [2.05, 4.69) is 5.32 Å². The molecule has 0 spiro atoms. The number of hydrogen-bond donors (Lipinski definition) is 1. The van der Waals surface area contributed by atoms with Crippen LogP contribution >= 0.6 is 11.6 Å². The van der Waals surface area contributed by atoms with E-state index in [0.717, 1.165) is 20.2 Å². The van der Waals surface area contributed by atoms with E-state index < -0.39 is 40.4 Å². The Balaban J connectivity index is 2.10. The van der Waals surface area contributed by atoms with Crippen LogP contribution in [0, 0.1) is 5.82 Å². The first-order valence-electron chi connectivity index (χ1n) is 12.7. The summed E-state index contributed by atoms with van der Waals surface area (Å²) < 4.78 is 43.1. The minimum Gasteiger partial charge on any atom is -0.352 e. The van der Waals surface area contributed by atoms with Gasteiger partial charge in [0.15, 0.2) is 0 Å². The second-order valence-electron chi connectivity index (χ2n) is 9.77. The Bertz CT molecular complexity index is 1400. The number of benzene rings is 3. The van der Waals surface area contributed by atoms with Gasteiger partial charge in [-0.3, -0.25) is 9.59 Å². The highest BCUT2D eigenvalue weighted by Gasteiger charge is 2.35. The molecule has 0 fully saturated rings. The summed E-state index contributed by atoms with van der Waals surface area (Å²) in [6.45, 7) is 2.89. The summed E-state index contributed by atoms with van der Waals surface area (Å²) >= 11 is 6.06. The van der Waals surface area contributed by atoms with Crippen LogP contribution < -0.4 is 9.62 Å². The molecule has 0 aromatic heterocycles. The summed E-state index contributed by atoms with van der Waals surface area (Å²) in [5.74, 6) is -1.87. The molecular weight excluding hydrogens is 555 g/mol. The molecule has 0 unspecified atom stereocenters. The lowest BCUT2D eigenvalue weighted by Crippen LogP contribution is -2.55. The fraction of sp³-hybridized carbons (Fsp3) is 0.310. The van der Waals surface area contributed by atoms with Crippen molar-refractivity contribution in [1.29, 1.82) is 0 Å². The number of nitrogens with one attached hydrogen (secondary N) is 1. The van der Waals surface area contributed by atoms with Crippen LogP contribution in [0.4, 0.5) is 10.1 Å². The Morgan fingerprint density at radius 3 is 2.08 bits per heavy atom. The molecule has 0 aliphatic rings. The normalized spacial score (nSPS) is 12.3. The van der Waals surface area contributed by atoms with E-state index in [1.807, 2.05) is 44.2 Å². The zero-order valence-corrected chi connectivity index (χ0v) is 24.5.